The van der Waals surface area contributed by atoms with E-state index in [4.69, 9.17) is 16.3 Å². The standard InChI is InChI=1S/C34H24ClN3O6/c35-25-15-6-5-14-24(25)31(40)37-36-26(39)17-44-34(43)18-8-7-9-19(16-18)38-32(41)29-27-20-10-1-2-11-21(20)28(30(29)33(38)42)23-13-4-3-12-22(23)27/h1-16,27-30H,17H2,(H,36,39)(H,37,40)/t27?,28?,29-,30-/m0/s1. The third-order valence-electron chi connectivity index (χ3n) is 8.56. The summed E-state index contributed by atoms with van der Waals surface area (Å²) in [4.78, 5) is 66.5. The maximum atomic E-state index is 14.0. The fourth-order valence-corrected chi connectivity index (χ4v) is 7.02. The van der Waals surface area contributed by atoms with Crippen molar-refractivity contribution in [2.75, 3.05) is 11.5 Å². The van der Waals surface area contributed by atoms with Crippen LogP contribution < -0.4 is 15.8 Å². The highest BCUT2D eigenvalue weighted by Gasteiger charge is 2.61. The predicted octanol–water partition coefficient (Wildman–Crippen LogP) is 4.35. The summed E-state index contributed by atoms with van der Waals surface area (Å²) in [5, 5.41) is 0.210. The second-order valence-electron chi connectivity index (χ2n) is 10.9. The normalized spacial score (nSPS) is 20.8. The van der Waals surface area contributed by atoms with E-state index in [-0.39, 0.29) is 45.5 Å². The van der Waals surface area contributed by atoms with Gasteiger partial charge >= 0.3 is 5.97 Å². The number of amides is 4. The minimum atomic E-state index is -0.837. The summed E-state index contributed by atoms with van der Waals surface area (Å²) in [5.74, 6) is -4.48. The number of halogens is 1. The molecule has 4 aromatic carbocycles. The van der Waals surface area contributed by atoms with Crippen LogP contribution in [0.1, 0.15) is 54.8 Å². The Kier molecular flexibility index (Phi) is 6.74. The summed E-state index contributed by atoms with van der Waals surface area (Å²) in [5.41, 5.74) is 9.13. The largest absolute Gasteiger partial charge is 0.452 e. The van der Waals surface area contributed by atoms with E-state index < -0.39 is 36.2 Å². The van der Waals surface area contributed by atoms with E-state index in [1.165, 1.54) is 29.2 Å². The van der Waals surface area contributed by atoms with Crippen LogP contribution in [0.5, 0.6) is 0 Å². The fourth-order valence-electron chi connectivity index (χ4n) is 6.79. The first kappa shape index (κ1) is 27.5. The van der Waals surface area contributed by atoms with Crippen molar-refractivity contribution in [2.24, 2.45) is 11.8 Å². The molecule has 9 nitrogen and oxygen atoms in total. The van der Waals surface area contributed by atoms with Crippen LogP contribution in [0.3, 0.4) is 0 Å². The molecule has 0 aromatic heterocycles. The molecule has 1 heterocycles. The summed E-state index contributed by atoms with van der Waals surface area (Å²) in [7, 11) is 0. The minimum absolute atomic E-state index is 0.0559. The predicted molar refractivity (Wildman–Crippen MR) is 160 cm³/mol. The number of carbonyl (C=O) groups is 5. The topological polar surface area (TPSA) is 122 Å². The van der Waals surface area contributed by atoms with Gasteiger partial charge in [0.2, 0.25) is 11.8 Å². The summed E-state index contributed by atoms with van der Waals surface area (Å²) in [6.45, 7) is -0.683. The number of carbonyl (C=O) groups excluding carboxylic acids is 5. The second kappa shape index (κ2) is 10.8. The Bertz CT molecular complexity index is 1770. The molecule has 44 heavy (non-hydrogen) atoms. The number of nitrogens with one attached hydrogen (secondary N) is 2. The molecule has 2 bridgehead atoms. The molecule has 2 N–H and O–H groups in total. The van der Waals surface area contributed by atoms with Crippen LogP contribution in [-0.4, -0.2) is 36.2 Å². The van der Waals surface area contributed by atoms with E-state index >= 15 is 0 Å². The Morgan fingerprint density at radius 3 is 1.82 bits per heavy atom. The highest BCUT2D eigenvalue weighted by atomic mass is 35.5. The highest BCUT2D eigenvalue weighted by molar-refractivity contribution is 6.33. The Morgan fingerprint density at radius 1 is 0.705 bits per heavy atom. The number of rotatable bonds is 5. The van der Waals surface area contributed by atoms with E-state index in [0.29, 0.717) is 0 Å². The number of hydrogen-bond donors (Lipinski definition) is 2. The zero-order valence-electron chi connectivity index (χ0n) is 23.0. The van der Waals surface area contributed by atoms with E-state index in [0.717, 1.165) is 22.3 Å². The first-order valence-electron chi connectivity index (χ1n) is 14.0. The van der Waals surface area contributed by atoms with Crippen LogP contribution in [0.4, 0.5) is 5.69 Å². The Hall–Kier alpha value is -5.28. The number of nitrogens with zero attached hydrogens (tertiary/aromatic N) is 1. The van der Waals surface area contributed by atoms with Gasteiger partial charge in [-0.25, -0.2) is 9.69 Å². The summed E-state index contributed by atoms with van der Waals surface area (Å²) < 4.78 is 5.13. The van der Waals surface area contributed by atoms with Crippen LogP contribution in [0.2, 0.25) is 5.02 Å². The molecule has 4 amide bonds. The van der Waals surface area contributed by atoms with Gasteiger partial charge in [0.25, 0.3) is 11.8 Å². The van der Waals surface area contributed by atoms with Crippen molar-refractivity contribution in [1.29, 1.82) is 0 Å². The molecule has 10 heteroatoms. The number of ether oxygens (including phenoxy) is 1. The van der Waals surface area contributed by atoms with Crippen LogP contribution in [-0.2, 0) is 19.1 Å². The fraction of sp³-hybridized carbons (Fsp3) is 0.147. The zero-order chi connectivity index (χ0) is 30.5. The van der Waals surface area contributed by atoms with Crippen LogP contribution in [0, 0.1) is 11.8 Å². The summed E-state index contributed by atoms with van der Waals surface area (Å²) in [6.07, 6.45) is 0. The monoisotopic (exact) mass is 605 g/mol. The molecule has 3 aliphatic carbocycles. The number of esters is 1. The molecule has 1 saturated heterocycles. The van der Waals surface area contributed by atoms with Gasteiger partial charge in [0, 0.05) is 11.8 Å². The molecule has 0 radical (unpaired) electrons. The maximum Gasteiger partial charge on any atom is 0.338 e. The van der Waals surface area contributed by atoms with Crippen LogP contribution in [0.25, 0.3) is 0 Å². The van der Waals surface area contributed by atoms with Gasteiger partial charge in [-0.1, -0.05) is 78.3 Å². The van der Waals surface area contributed by atoms with Gasteiger partial charge < -0.3 is 4.74 Å². The third-order valence-corrected chi connectivity index (χ3v) is 8.89. The lowest BCUT2D eigenvalue weighted by Crippen LogP contribution is -2.43. The van der Waals surface area contributed by atoms with E-state index in [2.05, 4.69) is 10.9 Å². The van der Waals surface area contributed by atoms with E-state index in [1.54, 1.807) is 24.3 Å². The molecule has 4 aromatic rings. The maximum absolute atomic E-state index is 14.0. The molecule has 0 saturated carbocycles. The van der Waals surface area contributed by atoms with Crippen molar-refractivity contribution in [3.05, 3.63) is 135 Å². The number of hydrazine groups is 1. The Morgan fingerprint density at radius 2 is 1.25 bits per heavy atom. The van der Waals surface area contributed by atoms with Gasteiger partial charge in [0.05, 0.1) is 33.7 Å². The van der Waals surface area contributed by atoms with E-state index in [9.17, 15) is 24.0 Å². The summed E-state index contributed by atoms with van der Waals surface area (Å²) in [6, 6.07) is 28.3. The third kappa shape index (κ3) is 4.36. The molecule has 0 spiro atoms. The van der Waals surface area contributed by atoms with Crippen molar-refractivity contribution < 1.29 is 28.7 Å². The SMILES string of the molecule is O=C(COC(=O)c1cccc(N2C(=O)[C@H]3C4c5ccccc5C(c5ccccc54)[C@@H]3C2=O)c1)NNC(=O)c1ccccc1Cl. The number of anilines is 1. The average Bonchev–Trinajstić information content (AvgIpc) is 3.32. The summed E-state index contributed by atoms with van der Waals surface area (Å²) >= 11 is 5.99. The van der Waals surface area contributed by atoms with Crippen molar-refractivity contribution >= 4 is 46.9 Å². The quantitative estimate of drug-likeness (QED) is 0.198. The van der Waals surface area contributed by atoms with Gasteiger partial charge in [-0.05, 0) is 52.6 Å². The van der Waals surface area contributed by atoms with Gasteiger partial charge in [0.1, 0.15) is 0 Å². The first-order valence-corrected chi connectivity index (χ1v) is 14.4. The molecule has 2 atom stereocenters. The molecule has 0 unspecified atom stereocenters. The Balaban J connectivity index is 1.07. The molecular weight excluding hydrogens is 582 g/mol. The second-order valence-corrected chi connectivity index (χ2v) is 11.3. The first-order chi connectivity index (χ1) is 21.3. The zero-order valence-corrected chi connectivity index (χ0v) is 23.8. The van der Waals surface area contributed by atoms with Gasteiger partial charge in [-0.15, -0.1) is 0 Å². The molecule has 8 rings (SSSR count). The molecule has 218 valence electrons. The van der Waals surface area contributed by atoms with Gasteiger partial charge in [-0.2, -0.15) is 0 Å². The van der Waals surface area contributed by atoms with Crippen molar-refractivity contribution in [3.63, 3.8) is 0 Å². The number of benzene rings is 4. The lowest BCUT2D eigenvalue weighted by atomic mass is 9.55. The highest BCUT2D eigenvalue weighted by Crippen LogP contribution is 2.61. The molecular formula is C34H24ClN3O6. The minimum Gasteiger partial charge on any atom is -0.452 e. The van der Waals surface area contributed by atoms with Gasteiger partial charge in [0.15, 0.2) is 6.61 Å². The molecule has 4 aliphatic rings. The average molecular weight is 606 g/mol. The molecule has 1 aliphatic heterocycles. The Labute approximate surface area is 256 Å². The number of hydrogen-bond acceptors (Lipinski definition) is 6. The van der Waals surface area contributed by atoms with Crippen LogP contribution >= 0.6 is 11.6 Å². The van der Waals surface area contributed by atoms with Crippen molar-refractivity contribution in [1.82, 2.24) is 10.9 Å². The van der Waals surface area contributed by atoms with Crippen molar-refractivity contribution in [2.45, 2.75) is 11.8 Å². The van der Waals surface area contributed by atoms with Gasteiger partial charge in [-0.3, -0.25) is 30.0 Å². The number of imide groups is 1. The lowest BCUT2D eigenvalue weighted by Gasteiger charge is -2.45. The molecule has 1 fully saturated rings. The smallest absolute Gasteiger partial charge is 0.338 e. The van der Waals surface area contributed by atoms with Crippen molar-refractivity contribution in [3.8, 4) is 0 Å². The van der Waals surface area contributed by atoms with Crippen LogP contribution in [0.15, 0.2) is 97.1 Å². The van der Waals surface area contributed by atoms with E-state index in [1.807, 2.05) is 48.5 Å². The lowest BCUT2D eigenvalue weighted by molar-refractivity contribution is -0.125.